The van der Waals surface area contributed by atoms with Gasteiger partial charge in [0.15, 0.2) is 5.65 Å². The number of imidazole rings is 1. The summed E-state index contributed by atoms with van der Waals surface area (Å²) in [7, 11) is 0. The molecule has 0 saturated heterocycles. The van der Waals surface area contributed by atoms with Crippen molar-refractivity contribution in [3.63, 3.8) is 0 Å². The minimum atomic E-state index is -0.351. The van der Waals surface area contributed by atoms with Crippen molar-refractivity contribution in [1.29, 1.82) is 0 Å². The highest BCUT2D eigenvalue weighted by Gasteiger charge is 2.26. The minimum absolute atomic E-state index is 0.132. The third-order valence-electron chi connectivity index (χ3n) is 3.05. The molecule has 0 saturated carbocycles. The van der Waals surface area contributed by atoms with Gasteiger partial charge in [0.2, 0.25) is 0 Å². The molecule has 2 heterocycles. The van der Waals surface area contributed by atoms with Crippen molar-refractivity contribution < 1.29 is 9.90 Å². The van der Waals surface area contributed by atoms with E-state index in [0.717, 1.165) is 0 Å². The van der Waals surface area contributed by atoms with E-state index in [0.29, 0.717) is 10.8 Å². The van der Waals surface area contributed by atoms with Gasteiger partial charge in [-0.15, -0.1) is 0 Å². The molecule has 0 radical (unpaired) electrons. The second-order valence-electron chi connectivity index (χ2n) is 5.66. The molecular weight excluding hydrogens is 280 g/mol. The number of hydrogen-bond donors (Lipinski definition) is 2. The van der Waals surface area contributed by atoms with E-state index in [9.17, 15) is 9.90 Å². The summed E-state index contributed by atoms with van der Waals surface area (Å²) in [6.45, 7) is 5.70. The highest BCUT2D eigenvalue weighted by Crippen LogP contribution is 2.19. The molecule has 0 bridgehead atoms. The number of carbonyl (C=O) groups is 1. The van der Waals surface area contributed by atoms with Gasteiger partial charge in [-0.1, -0.05) is 32.4 Å². The largest absolute Gasteiger partial charge is 0.394 e. The van der Waals surface area contributed by atoms with Crippen molar-refractivity contribution in [2.24, 2.45) is 5.41 Å². The zero-order chi connectivity index (χ0) is 14.9. The summed E-state index contributed by atoms with van der Waals surface area (Å²) in [5.41, 5.74) is 0.531. The molecule has 20 heavy (non-hydrogen) atoms. The summed E-state index contributed by atoms with van der Waals surface area (Å²) in [6.07, 6.45) is 1.51. The Morgan fingerprint density at radius 2 is 2.20 bits per heavy atom. The summed E-state index contributed by atoms with van der Waals surface area (Å²) in [5.74, 6) is -0.347. The van der Waals surface area contributed by atoms with E-state index in [1.165, 1.54) is 10.7 Å². The fourth-order valence-electron chi connectivity index (χ4n) is 1.74. The second-order valence-corrected chi connectivity index (χ2v) is 6.05. The van der Waals surface area contributed by atoms with Crippen molar-refractivity contribution in [1.82, 2.24) is 19.9 Å². The first-order valence-corrected chi connectivity index (χ1v) is 6.62. The van der Waals surface area contributed by atoms with Crippen molar-refractivity contribution >= 4 is 23.2 Å². The van der Waals surface area contributed by atoms with Gasteiger partial charge in [-0.05, 0) is 17.5 Å². The van der Waals surface area contributed by atoms with Crippen LogP contribution in [-0.2, 0) is 0 Å². The van der Waals surface area contributed by atoms with Crippen LogP contribution >= 0.6 is 11.6 Å². The van der Waals surface area contributed by atoms with Crippen molar-refractivity contribution in [2.75, 3.05) is 6.61 Å². The van der Waals surface area contributed by atoms with Gasteiger partial charge in [0.1, 0.15) is 10.8 Å². The quantitative estimate of drug-likeness (QED) is 0.900. The van der Waals surface area contributed by atoms with Crippen LogP contribution in [0.25, 0.3) is 5.65 Å². The number of rotatable bonds is 3. The molecule has 2 rings (SSSR count). The van der Waals surface area contributed by atoms with Gasteiger partial charge in [-0.2, -0.15) is 5.10 Å². The Labute approximate surface area is 121 Å². The summed E-state index contributed by atoms with van der Waals surface area (Å²) in [6, 6.07) is 2.94. The van der Waals surface area contributed by atoms with Gasteiger partial charge in [-0.3, -0.25) is 4.79 Å². The van der Waals surface area contributed by atoms with Crippen LogP contribution in [0.2, 0.25) is 5.15 Å². The number of nitrogens with one attached hydrogen (secondary N) is 1. The topological polar surface area (TPSA) is 79.5 Å². The summed E-state index contributed by atoms with van der Waals surface area (Å²) < 4.78 is 1.45. The molecule has 0 spiro atoms. The number of carbonyl (C=O) groups excluding carboxylic acids is 1. The first kappa shape index (κ1) is 14.7. The molecule has 0 unspecified atom stereocenters. The lowest BCUT2D eigenvalue weighted by atomic mass is 9.87. The molecular formula is C13H17ClN4O2. The van der Waals surface area contributed by atoms with Crippen LogP contribution in [0.5, 0.6) is 0 Å². The van der Waals surface area contributed by atoms with Crippen LogP contribution < -0.4 is 5.32 Å². The fourth-order valence-corrected chi connectivity index (χ4v) is 1.88. The van der Waals surface area contributed by atoms with Gasteiger partial charge in [0.25, 0.3) is 5.91 Å². The Morgan fingerprint density at radius 1 is 1.50 bits per heavy atom. The van der Waals surface area contributed by atoms with Crippen LogP contribution in [0.3, 0.4) is 0 Å². The molecule has 0 aliphatic carbocycles. The van der Waals surface area contributed by atoms with Crippen LogP contribution in [0.4, 0.5) is 0 Å². The zero-order valence-electron chi connectivity index (χ0n) is 11.6. The van der Waals surface area contributed by atoms with Crippen LogP contribution in [0.1, 0.15) is 31.3 Å². The second kappa shape index (κ2) is 5.38. The number of amides is 1. The third-order valence-corrected chi connectivity index (χ3v) is 3.26. The molecule has 0 aliphatic heterocycles. The average Bonchev–Trinajstić information content (AvgIpc) is 2.77. The maximum Gasteiger partial charge on any atom is 0.271 e. The van der Waals surface area contributed by atoms with Gasteiger partial charge >= 0.3 is 0 Å². The first-order chi connectivity index (χ1) is 9.31. The Balaban J connectivity index is 2.23. The number of aliphatic hydroxyl groups is 1. The molecule has 1 amide bonds. The van der Waals surface area contributed by atoms with Crippen molar-refractivity contribution in [3.05, 3.63) is 29.2 Å². The predicted molar refractivity (Wildman–Crippen MR) is 75.8 cm³/mol. The van der Waals surface area contributed by atoms with Gasteiger partial charge in [0.05, 0.1) is 18.8 Å². The molecule has 7 heteroatoms. The standard InChI is InChI=1S/C13H17ClN4O2/c1-13(2,3)9(7-19)16-12(20)8-6-18-11(15-8)5-4-10(14)17-18/h4-6,9,19H,7H2,1-3H3,(H,16,20)/t9-/m1/s1. The third kappa shape index (κ3) is 3.08. The van der Waals surface area contributed by atoms with Crippen molar-refractivity contribution in [2.45, 2.75) is 26.8 Å². The Hall–Kier alpha value is -1.66. The van der Waals surface area contributed by atoms with E-state index in [1.54, 1.807) is 12.1 Å². The zero-order valence-corrected chi connectivity index (χ0v) is 12.3. The summed E-state index contributed by atoms with van der Waals surface area (Å²) >= 11 is 5.78. The van der Waals surface area contributed by atoms with Crippen LogP contribution in [0, 0.1) is 5.41 Å². The lowest BCUT2D eigenvalue weighted by molar-refractivity contribution is 0.0843. The number of hydrogen-bond acceptors (Lipinski definition) is 4. The Kier molecular flexibility index (Phi) is 3.96. The average molecular weight is 297 g/mol. The molecule has 2 N–H and O–H groups in total. The SMILES string of the molecule is CC(C)(C)[C@@H](CO)NC(=O)c1cn2nc(Cl)ccc2n1. The fraction of sp³-hybridized carbons (Fsp3) is 0.462. The highest BCUT2D eigenvalue weighted by molar-refractivity contribution is 6.29. The molecule has 2 aromatic heterocycles. The number of nitrogens with zero attached hydrogens (tertiary/aromatic N) is 3. The maximum atomic E-state index is 12.2. The Bertz CT molecular complexity index is 633. The summed E-state index contributed by atoms with van der Waals surface area (Å²) in [4.78, 5) is 16.3. The lowest BCUT2D eigenvalue weighted by Gasteiger charge is -2.29. The van der Waals surface area contributed by atoms with E-state index in [1.807, 2.05) is 20.8 Å². The van der Waals surface area contributed by atoms with Gasteiger partial charge in [-0.25, -0.2) is 9.50 Å². The smallest absolute Gasteiger partial charge is 0.271 e. The molecule has 6 nitrogen and oxygen atoms in total. The Morgan fingerprint density at radius 3 is 2.80 bits per heavy atom. The molecule has 108 valence electrons. The highest BCUT2D eigenvalue weighted by atomic mass is 35.5. The molecule has 1 atom stereocenters. The number of aliphatic hydroxyl groups excluding tert-OH is 1. The lowest BCUT2D eigenvalue weighted by Crippen LogP contribution is -2.46. The van der Waals surface area contributed by atoms with E-state index in [2.05, 4.69) is 15.4 Å². The van der Waals surface area contributed by atoms with Gasteiger partial charge < -0.3 is 10.4 Å². The van der Waals surface area contributed by atoms with Crippen molar-refractivity contribution in [3.8, 4) is 0 Å². The molecule has 0 aromatic carbocycles. The maximum absolute atomic E-state index is 12.2. The van der Waals surface area contributed by atoms with E-state index < -0.39 is 0 Å². The van der Waals surface area contributed by atoms with Gasteiger partial charge in [0, 0.05) is 0 Å². The minimum Gasteiger partial charge on any atom is -0.394 e. The predicted octanol–water partition coefficient (Wildman–Crippen LogP) is 1.52. The summed E-state index contributed by atoms with van der Waals surface area (Å²) in [5, 5.41) is 16.5. The van der Waals surface area contributed by atoms with E-state index in [4.69, 9.17) is 11.6 Å². The monoisotopic (exact) mass is 296 g/mol. The molecule has 0 aliphatic rings. The number of aromatic nitrogens is 3. The van der Waals surface area contributed by atoms with E-state index >= 15 is 0 Å². The molecule has 0 fully saturated rings. The van der Waals surface area contributed by atoms with E-state index in [-0.39, 0.29) is 29.7 Å². The normalized spacial score (nSPS) is 13.4. The number of fused-ring (bicyclic) bond motifs is 1. The van der Waals surface area contributed by atoms with Crippen LogP contribution in [-0.4, -0.2) is 38.3 Å². The number of halogens is 1. The molecule has 2 aromatic rings. The first-order valence-electron chi connectivity index (χ1n) is 6.25. The van der Waals surface area contributed by atoms with Crippen LogP contribution in [0.15, 0.2) is 18.3 Å².